The summed E-state index contributed by atoms with van der Waals surface area (Å²) in [5, 5.41) is 9.24. The predicted octanol–water partition coefficient (Wildman–Crippen LogP) is 18.2. The molecule has 318 valence electrons. The molecule has 11 aromatic carbocycles. The molecule has 0 unspecified atom stereocenters. The summed E-state index contributed by atoms with van der Waals surface area (Å²) in [5.41, 5.74) is 17.1. The minimum Gasteiger partial charge on any atom is -0.456 e. The number of nitrogens with zero attached hydrogens (tertiary/aromatic N) is 2. The van der Waals surface area contributed by atoms with E-state index in [-0.39, 0.29) is 0 Å². The smallest absolute Gasteiger partial charge is 0.143 e. The molecular formula is C64H40N2O2. The third-order valence-electron chi connectivity index (χ3n) is 13.8. The van der Waals surface area contributed by atoms with E-state index in [0.29, 0.717) is 0 Å². The second kappa shape index (κ2) is 15.2. The van der Waals surface area contributed by atoms with Crippen molar-refractivity contribution in [3.8, 4) is 39.1 Å². The van der Waals surface area contributed by atoms with E-state index in [4.69, 9.17) is 8.83 Å². The molecule has 0 aliphatic rings. The first-order valence-electron chi connectivity index (χ1n) is 23.2. The van der Waals surface area contributed by atoms with Gasteiger partial charge in [-0.2, -0.15) is 0 Å². The van der Waals surface area contributed by atoms with Gasteiger partial charge in [-0.3, -0.25) is 0 Å². The lowest BCUT2D eigenvalue weighted by Gasteiger charge is -2.28. The van der Waals surface area contributed by atoms with Gasteiger partial charge in [0, 0.05) is 60.2 Å². The van der Waals surface area contributed by atoms with Crippen LogP contribution in [0.5, 0.6) is 0 Å². The summed E-state index contributed by atoms with van der Waals surface area (Å²) in [6.07, 6.45) is 0. The molecule has 0 spiro atoms. The summed E-state index contributed by atoms with van der Waals surface area (Å²) in [4.78, 5) is 2.39. The van der Waals surface area contributed by atoms with Crippen molar-refractivity contribution in [1.82, 2.24) is 4.57 Å². The van der Waals surface area contributed by atoms with Gasteiger partial charge in [0.1, 0.15) is 22.3 Å². The Morgan fingerprint density at radius 2 is 0.882 bits per heavy atom. The van der Waals surface area contributed by atoms with Crippen LogP contribution in [0.2, 0.25) is 0 Å². The zero-order valence-electron chi connectivity index (χ0n) is 36.8. The number of anilines is 3. The molecule has 0 radical (unpaired) electrons. The van der Waals surface area contributed by atoms with Crippen molar-refractivity contribution in [2.75, 3.05) is 4.90 Å². The Hall–Kier alpha value is -9.12. The third-order valence-corrected chi connectivity index (χ3v) is 13.8. The van der Waals surface area contributed by atoms with Crippen molar-refractivity contribution >= 4 is 93.5 Å². The van der Waals surface area contributed by atoms with Gasteiger partial charge in [-0.05, 0) is 107 Å². The molecule has 14 aromatic rings. The highest BCUT2D eigenvalue weighted by Gasteiger charge is 2.21. The van der Waals surface area contributed by atoms with Crippen molar-refractivity contribution in [3.05, 3.63) is 243 Å². The molecule has 68 heavy (non-hydrogen) atoms. The fourth-order valence-electron chi connectivity index (χ4n) is 10.7. The van der Waals surface area contributed by atoms with E-state index < -0.39 is 0 Å². The summed E-state index contributed by atoms with van der Waals surface area (Å²) in [5.74, 6) is 0. The number of rotatable bonds is 7. The van der Waals surface area contributed by atoms with E-state index in [9.17, 15) is 0 Å². The fourth-order valence-corrected chi connectivity index (χ4v) is 10.7. The van der Waals surface area contributed by atoms with Crippen LogP contribution in [0.3, 0.4) is 0 Å². The SMILES string of the molecule is c1ccc(N(c2ccc(-c3ccccc3-n3c4ccccc4c4ccccc43)cc2)c2ccc(-c3cccc4oc5ccccc5c34)cc2)c(-c2ccc3oc4c5ccccc5ccc4c3c2)c1. The van der Waals surface area contributed by atoms with Gasteiger partial charge in [0.25, 0.3) is 0 Å². The number of hydrogen-bond donors (Lipinski definition) is 0. The van der Waals surface area contributed by atoms with Crippen LogP contribution < -0.4 is 4.90 Å². The minimum absolute atomic E-state index is 0.877. The molecule has 0 saturated heterocycles. The Morgan fingerprint density at radius 1 is 0.324 bits per heavy atom. The number of para-hydroxylation sites is 5. The highest BCUT2D eigenvalue weighted by atomic mass is 16.3. The van der Waals surface area contributed by atoms with Gasteiger partial charge in [-0.1, -0.05) is 164 Å². The molecule has 0 atom stereocenters. The van der Waals surface area contributed by atoms with Gasteiger partial charge in [0.15, 0.2) is 0 Å². The van der Waals surface area contributed by atoms with Crippen LogP contribution in [0.1, 0.15) is 0 Å². The van der Waals surface area contributed by atoms with Crippen LogP contribution in [-0.2, 0) is 0 Å². The summed E-state index contributed by atoms with van der Waals surface area (Å²) in [7, 11) is 0. The van der Waals surface area contributed by atoms with Crippen LogP contribution in [0, 0.1) is 0 Å². The third kappa shape index (κ3) is 5.94. The maximum absolute atomic E-state index is 6.57. The maximum Gasteiger partial charge on any atom is 0.143 e. The number of fused-ring (bicyclic) bond motifs is 11. The lowest BCUT2D eigenvalue weighted by molar-refractivity contribution is 0.669. The van der Waals surface area contributed by atoms with Crippen LogP contribution in [0.4, 0.5) is 17.1 Å². The van der Waals surface area contributed by atoms with Gasteiger partial charge in [-0.15, -0.1) is 0 Å². The molecule has 14 rings (SSSR count). The Labute approximate surface area is 391 Å². The first-order chi connectivity index (χ1) is 33.7. The number of benzene rings is 11. The summed E-state index contributed by atoms with van der Waals surface area (Å²) in [6, 6.07) is 87.0. The van der Waals surface area contributed by atoms with E-state index in [1.165, 1.54) is 27.2 Å². The number of aromatic nitrogens is 1. The average Bonchev–Trinajstić information content (AvgIpc) is 4.09. The normalized spacial score (nSPS) is 11.8. The number of furan rings is 2. The molecule has 4 nitrogen and oxygen atoms in total. The summed E-state index contributed by atoms with van der Waals surface area (Å²) >= 11 is 0. The first kappa shape index (κ1) is 38.2. The van der Waals surface area contributed by atoms with Gasteiger partial charge in [0.2, 0.25) is 0 Å². The lowest BCUT2D eigenvalue weighted by atomic mass is 9.97. The molecule has 0 amide bonds. The maximum atomic E-state index is 6.57. The Bertz CT molecular complexity index is 4210. The topological polar surface area (TPSA) is 34.5 Å². The molecule has 3 heterocycles. The second-order valence-corrected chi connectivity index (χ2v) is 17.6. The number of hydrogen-bond acceptors (Lipinski definition) is 3. The van der Waals surface area contributed by atoms with Crippen molar-refractivity contribution in [2.45, 2.75) is 0 Å². The molecule has 0 N–H and O–H groups in total. The quantitative estimate of drug-likeness (QED) is 0.160. The minimum atomic E-state index is 0.877. The molecule has 3 aromatic heterocycles. The van der Waals surface area contributed by atoms with Crippen LogP contribution >= 0.6 is 0 Å². The van der Waals surface area contributed by atoms with Crippen molar-refractivity contribution in [3.63, 3.8) is 0 Å². The predicted molar refractivity (Wildman–Crippen MR) is 284 cm³/mol. The monoisotopic (exact) mass is 868 g/mol. The molecule has 0 aliphatic carbocycles. The van der Waals surface area contributed by atoms with Crippen molar-refractivity contribution < 1.29 is 8.83 Å². The van der Waals surface area contributed by atoms with E-state index in [1.54, 1.807) is 0 Å². The van der Waals surface area contributed by atoms with Crippen LogP contribution in [0.15, 0.2) is 251 Å². The van der Waals surface area contributed by atoms with E-state index in [1.807, 2.05) is 12.1 Å². The highest BCUT2D eigenvalue weighted by molar-refractivity contribution is 6.16. The fraction of sp³-hybridized carbons (Fsp3) is 0. The molecular weight excluding hydrogens is 829 g/mol. The second-order valence-electron chi connectivity index (χ2n) is 17.6. The average molecular weight is 869 g/mol. The lowest BCUT2D eigenvalue weighted by Crippen LogP contribution is -2.11. The molecule has 0 bridgehead atoms. The first-order valence-corrected chi connectivity index (χ1v) is 23.2. The summed E-state index contributed by atoms with van der Waals surface area (Å²) < 4.78 is 15.3. The Balaban J connectivity index is 0.921. The largest absolute Gasteiger partial charge is 0.456 e. The molecule has 0 aliphatic heterocycles. The standard InChI is InChI=1S/C64H40N2O2/c1-2-17-50-41(14-1)32-38-53-55-40-44(33-39-61(55)68-64(50)53)48-16-4-8-22-56(48)65(46-36-30-43(31-37-46)49-21-13-27-62-63(49)54-20-7-12-26-60(54)67-62)45-34-28-42(29-35-45)47-15-3-9-23-57(47)66-58-24-10-5-18-51(58)52-19-6-11-25-59(52)66/h1-40H. The van der Waals surface area contributed by atoms with Gasteiger partial charge in [-0.25, -0.2) is 0 Å². The Morgan fingerprint density at radius 3 is 1.65 bits per heavy atom. The summed E-state index contributed by atoms with van der Waals surface area (Å²) in [6.45, 7) is 0. The Kier molecular flexibility index (Phi) is 8.55. The van der Waals surface area contributed by atoms with Crippen LogP contribution in [0.25, 0.3) is 116 Å². The van der Waals surface area contributed by atoms with Crippen molar-refractivity contribution in [1.29, 1.82) is 0 Å². The van der Waals surface area contributed by atoms with Crippen LogP contribution in [-0.4, -0.2) is 4.57 Å². The molecule has 0 fully saturated rings. The zero-order chi connectivity index (χ0) is 44.7. The zero-order valence-corrected chi connectivity index (χ0v) is 36.8. The molecule has 0 saturated carbocycles. The van der Waals surface area contributed by atoms with Gasteiger partial charge < -0.3 is 18.3 Å². The van der Waals surface area contributed by atoms with Gasteiger partial charge >= 0.3 is 0 Å². The van der Waals surface area contributed by atoms with Crippen molar-refractivity contribution in [2.24, 2.45) is 0 Å². The van der Waals surface area contributed by atoms with E-state index in [0.717, 1.165) is 105 Å². The van der Waals surface area contributed by atoms with Gasteiger partial charge in [0.05, 0.1) is 22.4 Å². The van der Waals surface area contributed by atoms with E-state index in [2.05, 4.69) is 240 Å². The highest BCUT2D eigenvalue weighted by Crippen LogP contribution is 2.45. The molecule has 4 heteroatoms. The van der Waals surface area contributed by atoms with E-state index >= 15 is 0 Å².